The predicted molar refractivity (Wildman–Crippen MR) is 134 cm³/mol. The molecule has 0 bridgehead atoms. The molecule has 33 heavy (non-hydrogen) atoms. The molecule has 4 N–H and O–H groups in total. The minimum atomic E-state index is -1.03. The zero-order valence-electron chi connectivity index (χ0n) is 20.2. The number of aliphatic hydroxyl groups is 2. The molecule has 2 aromatic carbocycles. The number of nitrogens with two attached hydrogens (primary N) is 1. The molecule has 0 amide bonds. The highest BCUT2D eigenvalue weighted by Gasteiger charge is 2.25. The molecule has 2 rings (SSSR count). The van der Waals surface area contributed by atoms with E-state index >= 15 is 0 Å². The number of ketones is 1. The number of aliphatic hydroxyl groups excluding tert-OH is 1. The zero-order chi connectivity index (χ0) is 24.6. The van der Waals surface area contributed by atoms with Crippen LogP contribution in [0.15, 0.2) is 36.4 Å². The highest BCUT2D eigenvalue weighted by molar-refractivity contribution is 6.31. The minimum absolute atomic E-state index is 0.0897. The van der Waals surface area contributed by atoms with Crippen LogP contribution in [0.1, 0.15) is 75.1 Å². The Labute approximate surface area is 202 Å². The van der Waals surface area contributed by atoms with Crippen LogP contribution in [0.2, 0.25) is 5.02 Å². The zero-order valence-corrected chi connectivity index (χ0v) is 21.0. The average Bonchev–Trinajstić information content (AvgIpc) is 2.77. The largest absolute Gasteiger partial charge is 0.494 e. The van der Waals surface area contributed by atoms with Crippen LogP contribution in [0.25, 0.3) is 0 Å². The van der Waals surface area contributed by atoms with Crippen molar-refractivity contribution in [2.75, 3.05) is 13.2 Å². The van der Waals surface area contributed by atoms with Crippen molar-refractivity contribution in [3.8, 4) is 5.75 Å². The molecule has 0 unspecified atom stereocenters. The second-order valence-corrected chi connectivity index (χ2v) is 9.74. The molecular weight excluding hydrogens is 438 g/mol. The summed E-state index contributed by atoms with van der Waals surface area (Å²) in [6.45, 7) is 8.11. The van der Waals surface area contributed by atoms with E-state index in [1.165, 1.54) is 0 Å². The summed E-state index contributed by atoms with van der Waals surface area (Å²) in [5.41, 5.74) is 8.60. The van der Waals surface area contributed by atoms with Crippen molar-refractivity contribution in [3.63, 3.8) is 0 Å². The van der Waals surface area contributed by atoms with E-state index in [4.69, 9.17) is 22.1 Å². The van der Waals surface area contributed by atoms with Gasteiger partial charge in [0.1, 0.15) is 11.5 Å². The number of rotatable bonds is 13. The number of ether oxygens (including phenoxy) is 1. The van der Waals surface area contributed by atoms with Crippen molar-refractivity contribution in [1.82, 2.24) is 0 Å². The van der Waals surface area contributed by atoms with E-state index in [0.29, 0.717) is 30.9 Å². The lowest BCUT2D eigenvalue weighted by atomic mass is 9.82. The van der Waals surface area contributed by atoms with Gasteiger partial charge in [-0.1, -0.05) is 43.6 Å². The van der Waals surface area contributed by atoms with Gasteiger partial charge in [-0.05, 0) is 79.5 Å². The molecule has 6 heteroatoms. The van der Waals surface area contributed by atoms with E-state index in [1.54, 1.807) is 19.9 Å². The van der Waals surface area contributed by atoms with Crippen LogP contribution < -0.4 is 10.5 Å². The van der Waals surface area contributed by atoms with E-state index in [0.717, 1.165) is 34.4 Å². The Morgan fingerprint density at radius 1 is 1.24 bits per heavy atom. The van der Waals surface area contributed by atoms with E-state index in [2.05, 4.69) is 6.92 Å². The SMILES string of the molecule is CCCOc1ccc(Cl)c(CC(=O)CC[C@@H](C)c2cccc(C(C)(C)O)c2C[C@@H](N)CO)c1. The molecule has 0 aromatic heterocycles. The minimum Gasteiger partial charge on any atom is -0.494 e. The maximum absolute atomic E-state index is 12.8. The molecule has 0 aliphatic heterocycles. The number of Topliss-reactive ketones (excluding diaryl/α,β-unsaturated/α-hetero) is 1. The monoisotopic (exact) mass is 475 g/mol. The summed E-state index contributed by atoms with van der Waals surface area (Å²) in [7, 11) is 0. The summed E-state index contributed by atoms with van der Waals surface area (Å²) >= 11 is 6.31. The topological polar surface area (TPSA) is 92.8 Å². The number of benzene rings is 2. The lowest BCUT2D eigenvalue weighted by Gasteiger charge is -2.27. The quantitative estimate of drug-likeness (QED) is 0.382. The highest BCUT2D eigenvalue weighted by Crippen LogP contribution is 2.33. The third kappa shape index (κ3) is 8.11. The van der Waals surface area contributed by atoms with Gasteiger partial charge in [-0.25, -0.2) is 0 Å². The summed E-state index contributed by atoms with van der Waals surface area (Å²) in [6.07, 6.45) is 2.72. The summed E-state index contributed by atoms with van der Waals surface area (Å²) in [5.74, 6) is 0.932. The Morgan fingerprint density at radius 3 is 2.61 bits per heavy atom. The van der Waals surface area contributed by atoms with Gasteiger partial charge in [-0.2, -0.15) is 0 Å². The molecule has 0 radical (unpaired) electrons. The molecule has 0 saturated carbocycles. The highest BCUT2D eigenvalue weighted by atomic mass is 35.5. The first-order valence-corrected chi connectivity index (χ1v) is 12.1. The van der Waals surface area contributed by atoms with Gasteiger partial charge < -0.3 is 20.7 Å². The number of hydrogen-bond acceptors (Lipinski definition) is 5. The van der Waals surface area contributed by atoms with Crippen molar-refractivity contribution in [1.29, 1.82) is 0 Å². The molecule has 0 aliphatic carbocycles. The third-order valence-corrected chi connectivity index (χ3v) is 6.21. The summed E-state index contributed by atoms with van der Waals surface area (Å²) < 4.78 is 5.66. The van der Waals surface area contributed by atoms with Crippen molar-refractivity contribution in [2.24, 2.45) is 5.73 Å². The van der Waals surface area contributed by atoms with Crippen LogP contribution in [0.5, 0.6) is 5.75 Å². The summed E-state index contributed by atoms with van der Waals surface area (Å²) in [6, 6.07) is 10.9. The number of halogens is 1. The molecule has 2 aromatic rings. The number of hydrogen-bond donors (Lipinski definition) is 3. The van der Waals surface area contributed by atoms with Crippen LogP contribution in [-0.4, -0.2) is 35.3 Å². The Bertz CT molecular complexity index is 923. The number of carbonyl (C=O) groups excluding carboxylic acids is 1. The second kappa shape index (κ2) is 12.5. The van der Waals surface area contributed by atoms with Crippen molar-refractivity contribution < 1.29 is 19.7 Å². The first kappa shape index (κ1) is 27.3. The first-order valence-electron chi connectivity index (χ1n) is 11.7. The van der Waals surface area contributed by atoms with Gasteiger partial charge >= 0.3 is 0 Å². The van der Waals surface area contributed by atoms with Crippen molar-refractivity contribution in [2.45, 2.75) is 77.4 Å². The predicted octanol–water partition coefficient (Wildman–Crippen LogP) is 4.91. The van der Waals surface area contributed by atoms with E-state index in [1.807, 2.05) is 37.3 Å². The Kier molecular flexibility index (Phi) is 10.4. The van der Waals surface area contributed by atoms with E-state index in [9.17, 15) is 15.0 Å². The molecule has 0 fully saturated rings. The maximum atomic E-state index is 12.8. The van der Waals surface area contributed by atoms with Crippen LogP contribution in [0.4, 0.5) is 0 Å². The van der Waals surface area contributed by atoms with Crippen LogP contribution in [0.3, 0.4) is 0 Å². The third-order valence-electron chi connectivity index (χ3n) is 5.84. The Morgan fingerprint density at radius 2 is 1.97 bits per heavy atom. The van der Waals surface area contributed by atoms with Gasteiger partial charge in [0.25, 0.3) is 0 Å². The standard InChI is InChI=1S/C27H38ClNO4/c1-5-13-33-22-11-12-26(28)19(15-22)14-21(31)10-9-18(2)23-7-6-8-25(27(3,4)32)24(23)16-20(29)17-30/h6-8,11-12,15,18,20,30,32H,5,9-10,13-14,16-17,29H2,1-4H3/t18-,20-/m1/s1. The molecule has 0 saturated heterocycles. The van der Waals surface area contributed by atoms with Gasteiger partial charge in [0.2, 0.25) is 0 Å². The molecule has 182 valence electrons. The molecule has 0 aliphatic rings. The van der Waals surface area contributed by atoms with Crippen molar-refractivity contribution in [3.05, 3.63) is 63.7 Å². The van der Waals surface area contributed by atoms with Gasteiger partial charge in [-0.15, -0.1) is 0 Å². The fourth-order valence-corrected chi connectivity index (χ4v) is 4.21. The van der Waals surface area contributed by atoms with Gasteiger partial charge in [0.05, 0.1) is 18.8 Å². The van der Waals surface area contributed by atoms with E-state index in [-0.39, 0.29) is 24.7 Å². The Balaban J connectivity index is 2.13. The molecule has 0 heterocycles. The van der Waals surface area contributed by atoms with Crippen LogP contribution in [-0.2, 0) is 23.2 Å². The average molecular weight is 476 g/mol. The van der Waals surface area contributed by atoms with Gasteiger partial charge in [0.15, 0.2) is 0 Å². The lowest BCUT2D eigenvalue weighted by molar-refractivity contribution is -0.118. The van der Waals surface area contributed by atoms with Crippen LogP contribution in [0, 0.1) is 0 Å². The summed E-state index contributed by atoms with van der Waals surface area (Å²) in [4.78, 5) is 12.8. The van der Waals surface area contributed by atoms with Crippen LogP contribution >= 0.6 is 11.6 Å². The fourth-order valence-electron chi connectivity index (χ4n) is 4.02. The van der Waals surface area contributed by atoms with Gasteiger partial charge in [0, 0.05) is 23.9 Å². The normalized spacial score (nSPS) is 13.6. The lowest BCUT2D eigenvalue weighted by Crippen LogP contribution is -2.30. The van der Waals surface area contributed by atoms with E-state index < -0.39 is 11.6 Å². The summed E-state index contributed by atoms with van der Waals surface area (Å²) in [5, 5.41) is 20.7. The van der Waals surface area contributed by atoms with Crippen molar-refractivity contribution >= 4 is 17.4 Å². The Hall–Kier alpha value is -1.92. The molecule has 0 spiro atoms. The molecule has 5 nitrogen and oxygen atoms in total. The fraction of sp³-hybridized carbons (Fsp3) is 0.519. The molecular formula is C27H38ClNO4. The first-order chi connectivity index (χ1) is 15.6. The molecule has 2 atom stereocenters. The number of carbonyl (C=O) groups is 1. The smallest absolute Gasteiger partial charge is 0.137 e. The maximum Gasteiger partial charge on any atom is 0.137 e. The van der Waals surface area contributed by atoms with Gasteiger partial charge in [-0.3, -0.25) is 4.79 Å². The second-order valence-electron chi connectivity index (χ2n) is 9.34.